The average Bonchev–Trinajstić information content (AvgIpc) is 3.46. The Labute approximate surface area is 224 Å². The molecule has 1 N–H and O–H groups in total. The lowest BCUT2D eigenvalue weighted by Gasteiger charge is -2.25. The maximum atomic E-state index is 14.3. The molecule has 9 heteroatoms. The molecule has 5 nitrogen and oxygen atoms in total. The van der Waals surface area contributed by atoms with Crippen molar-refractivity contribution in [3.05, 3.63) is 106 Å². The van der Waals surface area contributed by atoms with Crippen molar-refractivity contribution < 1.29 is 22.8 Å². The highest BCUT2D eigenvalue weighted by atomic mass is 35.5. The lowest BCUT2D eigenvalue weighted by molar-refractivity contribution is 0.0769. The molecule has 5 rings (SSSR count). The molecule has 0 aromatic heterocycles. The van der Waals surface area contributed by atoms with Gasteiger partial charge in [0.2, 0.25) is 0 Å². The van der Waals surface area contributed by atoms with Crippen LogP contribution in [0.1, 0.15) is 38.7 Å². The molecule has 0 bridgehead atoms. The minimum atomic E-state index is -0.905. The van der Waals surface area contributed by atoms with Crippen LogP contribution in [0, 0.1) is 29.3 Å². The molecule has 2 unspecified atom stereocenters. The predicted octanol–water partition coefficient (Wildman–Crippen LogP) is 5.32. The summed E-state index contributed by atoms with van der Waals surface area (Å²) in [6.45, 7) is 3.32. The number of rotatable bonds is 7. The molecular weight excluding hydrogens is 515 g/mol. The quantitative estimate of drug-likeness (QED) is 0.440. The van der Waals surface area contributed by atoms with Crippen molar-refractivity contribution in [2.24, 2.45) is 11.8 Å². The molecule has 2 aliphatic rings. The number of amides is 2. The van der Waals surface area contributed by atoms with Gasteiger partial charge < -0.3 is 15.1 Å². The zero-order chi connectivity index (χ0) is 26.8. The van der Waals surface area contributed by atoms with Gasteiger partial charge in [0, 0.05) is 38.8 Å². The van der Waals surface area contributed by atoms with Crippen LogP contribution in [0.3, 0.4) is 0 Å². The van der Waals surface area contributed by atoms with E-state index in [9.17, 15) is 22.8 Å². The third-order valence-electron chi connectivity index (χ3n) is 7.44. The second kappa shape index (κ2) is 11.2. The summed E-state index contributed by atoms with van der Waals surface area (Å²) in [6.07, 6.45) is 0.589. The molecule has 3 aromatic rings. The zero-order valence-corrected chi connectivity index (χ0v) is 21.3. The van der Waals surface area contributed by atoms with Crippen LogP contribution in [0.5, 0.6) is 0 Å². The Morgan fingerprint density at radius 3 is 2.26 bits per heavy atom. The van der Waals surface area contributed by atoms with E-state index in [-0.39, 0.29) is 39.9 Å². The van der Waals surface area contributed by atoms with Gasteiger partial charge in [-0.1, -0.05) is 48.0 Å². The first-order chi connectivity index (χ1) is 18.3. The van der Waals surface area contributed by atoms with E-state index < -0.39 is 23.4 Å². The van der Waals surface area contributed by atoms with Gasteiger partial charge in [-0.2, -0.15) is 0 Å². The predicted molar refractivity (Wildman–Crippen MR) is 138 cm³/mol. The molecule has 3 atom stereocenters. The van der Waals surface area contributed by atoms with Crippen molar-refractivity contribution in [3.63, 3.8) is 0 Å². The van der Waals surface area contributed by atoms with Gasteiger partial charge in [0.05, 0.1) is 22.2 Å². The Morgan fingerprint density at radius 2 is 1.61 bits per heavy atom. The van der Waals surface area contributed by atoms with E-state index in [1.165, 1.54) is 18.2 Å². The Balaban J connectivity index is 1.20. The number of hydrogen-bond acceptors (Lipinski definition) is 3. The second-order valence-electron chi connectivity index (χ2n) is 9.94. The molecule has 0 radical (unpaired) electrons. The molecule has 3 aromatic carbocycles. The summed E-state index contributed by atoms with van der Waals surface area (Å²) in [4.78, 5) is 29.7. The first-order valence-electron chi connectivity index (χ1n) is 12.6. The summed E-state index contributed by atoms with van der Waals surface area (Å²) in [7, 11) is 0. The van der Waals surface area contributed by atoms with Gasteiger partial charge in [-0.05, 0) is 48.1 Å². The fourth-order valence-corrected chi connectivity index (χ4v) is 5.77. The van der Waals surface area contributed by atoms with E-state index in [1.54, 1.807) is 4.90 Å². The minimum Gasteiger partial charge on any atom is -0.345 e. The summed E-state index contributed by atoms with van der Waals surface area (Å²) in [5.74, 6) is -2.71. The van der Waals surface area contributed by atoms with Crippen LogP contribution in [0.25, 0.3) is 0 Å². The topological polar surface area (TPSA) is 52.7 Å². The Kier molecular flexibility index (Phi) is 7.72. The molecule has 2 heterocycles. The molecule has 2 amide bonds. The molecule has 198 valence electrons. The normalized spacial score (nSPS) is 19.8. The number of nitrogens with one attached hydrogen (secondary N) is 1. The van der Waals surface area contributed by atoms with E-state index in [2.05, 4.69) is 10.2 Å². The fraction of sp³-hybridized carbons (Fsp3) is 0.310. The van der Waals surface area contributed by atoms with Crippen molar-refractivity contribution in [2.45, 2.75) is 12.5 Å². The number of fused-ring (bicyclic) bond motifs is 1. The summed E-state index contributed by atoms with van der Waals surface area (Å²) in [5, 5.41) is 3.02. The summed E-state index contributed by atoms with van der Waals surface area (Å²) < 4.78 is 41.7. The van der Waals surface area contributed by atoms with Crippen molar-refractivity contribution >= 4 is 23.4 Å². The van der Waals surface area contributed by atoms with E-state index in [0.29, 0.717) is 32.1 Å². The third-order valence-corrected chi connectivity index (χ3v) is 7.76. The number of likely N-dealkylation sites (tertiary alicyclic amines) is 2. The monoisotopic (exact) mass is 541 g/mol. The number of hydrogen-bond donors (Lipinski definition) is 1. The molecule has 38 heavy (non-hydrogen) atoms. The van der Waals surface area contributed by atoms with Gasteiger partial charge in [0.1, 0.15) is 17.5 Å². The molecule has 0 aliphatic carbocycles. The van der Waals surface area contributed by atoms with Crippen molar-refractivity contribution in [1.29, 1.82) is 0 Å². The first-order valence-corrected chi connectivity index (χ1v) is 12.9. The van der Waals surface area contributed by atoms with Crippen molar-refractivity contribution in [3.8, 4) is 0 Å². The third kappa shape index (κ3) is 5.56. The second-order valence-corrected chi connectivity index (χ2v) is 10.3. The highest BCUT2D eigenvalue weighted by molar-refractivity contribution is 6.33. The van der Waals surface area contributed by atoms with Crippen LogP contribution < -0.4 is 5.32 Å². The van der Waals surface area contributed by atoms with E-state index in [0.717, 1.165) is 30.8 Å². The van der Waals surface area contributed by atoms with E-state index in [4.69, 9.17) is 11.6 Å². The van der Waals surface area contributed by atoms with Crippen LogP contribution in [-0.4, -0.2) is 54.3 Å². The highest BCUT2D eigenvalue weighted by Crippen LogP contribution is 2.34. The van der Waals surface area contributed by atoms with Crippen LogP contribution in [0.15, 0.2) is 66.7 Å². The Bertz CT molecular complexity index is 1310. The Hall–Kier alpha value is -3.36. The van der Waals surface area contributed by atoms with Gasteiger partial charge in [-0.15, -0.1) is 0 Å². The molecule has 2 fully saturated rings. The SMILES string of the molecule is O=C(N[C@@H](CCN1CC2CN(C(=O)c3c(F)cccc3Cl)CC2C1)c1ccccc1)c1ccc(F)cc1F. The molecule has 2 saturated heterocycles. The van der Waals surface area contributed by atoms with Crippen LogP contribution in [0.4, 0.5) is 13.2 Å². The highest BCUT2D eigenvalue weighted by Gasteiger charge is 2.42. The first kappa shape index (κ1) is 26.3. The van der Waals surface area contributed by atoms with Gasteiger partial charge in [0.25, 0.3) is 11.8 Å². The minimum absolute atomic E-state index is 0.0787. The van der Waals surface area contributed by atoms with Crippen molar-refractivity contribution in [1.82, 2.24) is 15.1 Å². The van der Waals surface area contributed by atoms with Gasteiger partial charge in [-0.3, -0.25) is 9.59 Å². The van der Waals surface area contributed by atoms with E-state index in [1.807, 2.05) is 30.3 Å². The number of carbonyl (C=O) groups is 2. The lowest BCUT2D eigenvalue weighted by Crippen LogP contribution is -2.35. The van der Waals surface area contributed by atoms with Gasteiger partial charge >= 0.3 is 0 Å². The van der Waals surface area contributed by atoms with Gasteiger partial charge in [0.15, 0.2) is 0 Å². The smallest absolute Gasteiger partial charge is 0.258 e. The average molecular weight is 542 g/mol. The number of nitrogens with zero attached hydrogens (tertiary/aromatic N) is 2. The number of benzene rings is 3. The standard InChI is InChI=1S/C29H27ClF3N3O2/c30-23-7-4-8-24(32)27(23)29(38)36-16-19-14-35(15-20(19)17-36)12-11-26(18-5-2-1-3-6-18)34-28(37)22-10-9-21(31)13-25(22)33/h1-10,13,19-20,26H,11-12,14-17H2,(H,34,37)/t19?,20?,26-/m0/s1. The summed E-state index contributed by atoms with van der Waals surface area (Å²) in [6, 6.07) is 16.2. The maximum absolute atomic E-state index is 14.3. The van der Waals surface area contributed by atoms with E-state index >= 15 is 0 Å². The van der Waals surface area contributed by atoms with Crippen LogP contribution >= 0.6 is 11.6 Å². The maximum Gasteiger partial charge on any atom is 0.258 e. The molecule has 0 saturated carbocycles. The largest absolute Gasteiger partial charge is 0.345 e. The number of halogens is 4. The van der Waals surface area contributed by atoms with Crippen LogP contribution in [0.2, 0.25) is 5.02 Å². The lowest BCUT2D eigenvalue weighted by atomic mass is 10.0. The zero-order valence-electron chi connectivity index (χ0n) is 20.5. The van der Waals surface area contributed by atoms with Gasteiger partial charge in [-0.25, -0.2) is 13.2 Å². The summed E-state index contributed by atoms with van der Waals surface area (Å²) in [5.41, 5.74) is 0.606. The summed E-state index contributed by atoms with van der Waals surface area (Å²) >= 11 is 6.10. The molecule has 2 aliphatic heterocycles. The van der Waals surface area contributed by atoms with Crippen LogP contribution in [-0.2, 0) is 0 Å². The molecule has 0 spiro atoms. The molecular formula is C29H27ClF3N3O2. The Morgan fingerprint density at radius 1 is 0.895 bits per heavy atom. The number of carbonyl (C=O) groups excluding carboxylic acids is 2. The fourth-order valence-electron chi connectivity index (χ4n) is 5.53. The van der Waals surface area contributed by atoms with Crippen molar-refractivity contribution in [2.75, 3.05) is 32.7 Å².